The largest absolute Gasteiger partial charge is 0.507 e. The second kappa shape index (κ2) is 9.09. The van der Waals surface area contributed by atoms with Crippen LogP contribution in [0.1, 0.15) is 24.0 Å². The van der Waals surface area contributed by atoms with E-state index >= 15 is 0 Å². The SMILES string of the molecule is N=C(N)c1ccc(O)c(/C=C/CNc2ccc(OC3CCNCC3)cc2)c1. The summed E-state index contributed by atoms with van der Waals surface area (Å²) in [6, 6.07) is 12.8. The molecule has 6 N–H and O–H groups in total. The Balaban J connectivity index is 1.50. The number of hydrogen-bond donors (Lipinski definition) is 5. The molecule has 0 spiro atoms. The highest BCUT2D eigenvalue weighted by Crippen LogP contribution is 2.21. The Labute approximate surface area is 159 Å². The average Bonchev–Trinajstić information content (AvgIpc) is 2.68. The van der Waals surface area contributed by atoms with Crippen molar-refractivity contribution in [3.8, 4) is 11.5 Å². The van der Waals surface area contributed by atoms with Gasteiger partial charge >= 0.3 is 0 Å². The number of benzene rings is 2. The van der Waals surface area contributed by atoms with Crippen LogP contribution in [0.15, 0.2) is 48.5 Å². The van der Waals surface area contributed by atoms with Crippen LogP contribution in [-0.2, 0) is 0 Å². The third-order valence-electron chi connectivity index (χ3n) is 4.50. The maximum absolute atomic E-state index is 9.90. The Morgan fingerprint density at radius 3 is 2.67 bits per heavy atom. The van der Waals surface area contributed by atoms with Crippen LogP contribution in [-0.4, -0.2) is 36.7 Å². The molecule has 2 aromatic rings. The Hall–Kier alpha value is -2.99. The van der Waals surface area contributed by atoms with Crippen molar-refractivity contribution in [3.63, 3.8) is 0 Å². The van der Waals surface area contributed by atoms with E-state index in [1.54, 1.807) is 18.2 Å². The van der Waals surface area contributed by atoms with Gasteiger partial charge in [0.1, 0.15) is 23.4 Å². The van der Waals surface area contributed by atoms with Gasteiger partial charge in [-0.3, -0.25) is 5.41 Å². The summed E-state index contributed by atoms with van der Waals surface area (Å²) in [7, 11) is 0. The van der Waals surface area contributed by atoms with E-state index in [2.05, 4.69) is 10.6 Å². The standard InChI is InChI=1S/C21H26N4O2/c22-21(23)16-3-8-20(26)15(14-16)2-1-11-25-17-4-6-18(7-5-17)27-19-9-12-24-13-10-19/h1-8,14,19,24-26H,9-13H2,(H3,22,23)/b2-1+. The van der Waals surface area contributed by atoms with Crippen molar-refractivity contribution in [2.45, 2.75) is 18.9 Å². The van der Waals surface area contributed by atoms with Crippen molar-refractivity contribution in [1.29, 1.82) is 5.41 Å². The maximum Gasteiger partial charge on any atom is 0.122 e. The number of nitrogen functional groups attached to an aromatic ring is 1. The predicted molar refractivity (Wildman–Crippen MR) is 110 cm³/mol. The molecular formula is C21H26N4O2. The molecule has 0 radical (unpaired) electrons. The van der Waals surface area contributed by atoms with Crippen molar-refractivity contribution in [3.05, 3.63) is 59.7 Å². The molecule has 6 nitrogen and oxygen atoms in total. The average molecular weight is 366 g/mol. The van der Waals surface area contributed by atoms with E-state index in [9.17, 15) is 5.11 Å². The van der Waals surface area contributed by atoms with Crippen LogP contribution in [0.3, 0.4) is 0 Å². The molecule has 142 valence electrons. The Kier molecular flexibility index (Phi) is 6.33. The van der Waals surface area contributed by atoms with Crippen molar-refractivity contribution >= 4 is 17.6 Å². The van der Waals surface area contributed by atoms with E-state index in [4.69, 9.17) is 15.9 Å². The molecule has 0 amide bonds. The minimum atomic E-state index is -0.0189. The fourth-order valence-corrected chi connectivity index (χ4v) is 2.98. The third kappa shape index (κ3) is 5.49. The quantitative estimate of drug-likeness (QED) is 0.383. The van der Waals surface area contributed by atoms with Gasteiger partial charge in [0.15, 0.2) is 0 Å². The summed E-state index contributed by atoms with van der Waals surface area (Å²) in [5.74, 6) is 1.04. The van der Waals surface area contributed by atoms with Crippen LogP contribution >= 0.6 is 0 Å². The lowest BCUT2D eigenvalue weighted by Crippen LogP contribution is -2.34. The number of rotatable bonds is 7. The first kappa shape index (κ1) is 18.8. The molecule has 3 rings (SSSR count). The number of nitrogens with two attached hydrogens (primary N) is 1. The van der Waals surface area contributed by atoms with E-state index in [0.29, 0.717) is 23.8 Å². The van der Waals surface area contributed by atoms with Crippen LogP contribution in [0, 0.1) is 5.41 Å². The number of phenols is 1. The first-order valence-corrected chi connectivity index (χ1v) is 9.17. The number of piperidine rings is 1. The lowest BCUT2D eigenvalue weighted by molar-refractivity contribution is 0.162. The first-order valence-electron chi connectivity index (χ1n) is 9.17. The number of amidine groups is 1. The molecule has 0 saturated carbocycles. The maximum atomic E-state index is 9.90. The highest BCUT2D eigenvalue weighted by molar-refractivity contribution is 5.95. The summed E-state index contributed by atoms with van der Waals surface area (Å²) in [6.07, 6.45) is 6.11. The summed E-state index contributed by atoms with van der Waals surface area (Å²) in [6.45, 7) is 2.64. The van der Waals surface area contributed by atoms with Crippen molar-refractivity contribution in [2.75, 3.05) is 25.0 Å². The number of aromatic hydroxyl groups is 1. The molecule has 2 aromatic carbocycles. The van der Waals surface area contributed by atoms with Gasteiger partial charge in [-0.2, -0.15) is 0 Å². The number of hydrogen-bond acceptors (Lipinski definition) is 5. The minimum Gasteiger partial charge on any atom is -0.507 e. The van der Waals surface area contributed by atoms with E-state index in [0.717, 1.165) is 37.4 Å². The Morgan fingerprint density at radius 2 is 1.96 bits per heavy atom. The predicted octanol–water partition coefficient (Wildman–Crippen LogP) is 2.93. The monoisotopic (exact) mass is 366 g/mol. The van der Waals surface area contributed by atoms with Gasteiger partial charge in [-0.15, -0.1) is 0 Å². The molecule has 1 saturated heterocycles. The molecule has 0 bridgehead atoms. The fraction of sp³-hybridized carbons (Fsp3) is 0.286. The van der Waals surface area contributed by atoms with Crippen LogP contribution in [0.5, 0.6) is 11.5 Å². The summed E-state index contributed by atoms with van der Waals surface area (Å²) >= 11 is 0. The van der Waals surface area contributed by atoms with Gasteiger partial charge in [-0.05, 0) is 68.4 Å². The molecule has 0 atom stereocenters. The van der Waals surface area contributed by atoms with E-state index in [1.807, 2.05) is 36.4 Å². The van der Waals surface area contributed by atoms with Gasteiger partial charge in [0, 0.05) is 23.4 Å². The summed E-state index contributed by atoms with van der Waals surface area (Å²) < 4.78 is 6.00. The molecule has 6 heteroatoms. The van der Waals surface area contributed by atoms with Gasteiger partial charge in [0.25, 0.3) is 0 Å². The molecule has 0 aliphatic carbocycles. The number of anilines is 1. The second-order valence-corrected chi connectivity index (χ2v) is 6.56. The Morgan fingerprint density at radius 1 is 1.22 bits per heavy atom. The summed E-state index contributed by atoms with van der Waals surface area (Å²) in [4.78, 5) is 0. The highest BCUT2D eigenvalue weighted by atomic mass is 16.5. The van der Waals surface area contributed by atoms with Gasteiger partial charge < -0.3 is 26.2 Å². The molecule has 0 unspecified atom stereocenters. The van der Waals surface area contributed by atoms with E-state index < -0.39 is 0 Å². The lowest BCUT2D eigenvalue weighted by atomic mass is 10.1. The number of phenolic OH excluding ortho intramolecular Hbond substituents is 1. The second-order valence-electron chi connectivity index (χ2n) is 6.56. The number of ether oxygens (including phenoxy) is 1. The van der Waals surface area contributed by atoms with Crippen LogP contribution < -0.4 is 21.1 Å². The Bertz CT molecular complexity index is 796. The van der Waals surface area contributed by atoms with Crippen LogP contribution in [0.2, 0.25) is 0 Å². The van der Waals surface area contributed by atoms with Gasteiger partial charge in [0.05, 0.1) is 0 Å². The normalized spacial score (nSPS) is 15.0. The molecular weight excluding hydrogens is 340 g/mol. The smallest absolute Gasteiger partial charge is 0.122 e. The van der Waals surface area contributed by atoms with Gasteiger partial charge in [-0.1, -0.05) is 12.2 Å². The molecule has 1 aliphatic heterocycles. The molecule has 0 aromatic heterocycles. The van der Waals surface area contributed by atoms with Gasteiger partial charge in [-0.25, -0.2) is 0 Å². The van der Waals surface area contributed by atoms with Crippen molar-refractivity contribution in [2.24, 2.45) is 5.73 Å². The van der Waals surface area contributed by atoms with E-state index in [-0.39, 0.29) is 11.6 Å². The van der Waals surface area contributed by atoms with Crippen molar-refractivity contribution < 1.29 is 9.84 Å². The first-order chi connectivity index (χ1) is 13.1. The zero-order valence-electron chi connectivity index (χ0n) is 15.2. The highest BCUT2D eigenvalue weighted by Gasteiger charge is 2.14. The van der Waals surface area contributed by atoms with Gasteiger partial charge in [0.2, 0.25) is 0 Å². The topological polar surface area (TPSA) is 103 Å². The summed E-state index contributed by atoms with van der Waals surface area (Å²) in [5, 5.41) is 24.0. The molecule has 27 heavy (non-hydrogen) atoms. The zero-order valence-corrected chi connectivity index (χ0v) is 15.2. The van der Waals surface area contributed by atoms with Crippen LogP contribution in [0.4, 0.5) is 5.69 Å². The molecule has 1 fully saturated rings. The minimum absolute atomic E-state index is 0.0189. The fourth-order valence-electron chi connectivity index (χ4n) is 2.98. The third-order valence-corrected chi connectivity index (χ3v) is 4.50. The molecule has 1 aliphatic rings. The van der Waals surface area contributed by atoms with Crippen molar-refractivity contribution in [1.82, 2.24) is 5.32 Å². The summed E-state index contributed by atoms with van der Waals surface area (Å²) in [5.41, 5.74) is 7.71. The van der Waals surface area contributed by atoms with E-state index in [1.165, 1.54) is 0 Å². The molecule has 1 heterocycles. The lowest BCUT2D eigenvalue weighted by Gasteiger charge is -2.23. The van der Waals surface area contributed by atoms with Crippen LogP contribution in [0.25, 0.3) is 6.08 Å². The number of nitrogens with one attached hydrogen (secondary N) is 3. The zero-order chi connectivity index (χ0) is 19.1.